The summed E-state index contributed by atoms with van der Waals surface area (Å²) in [7, 11) is 1.51. The zero-order valence-corrected chi connectivity index (χ0v) is 8.24. The Bertz CT molecular complexity index is 354. The molecule has 4 nitrogen and oxygen atoms in total. The third-order valence-corrected chi connectivity index (χ3v) is 1.81. The highest BCUT2D eigenvalue weighted by Crippen LogP contribution is 2.10. The predicted molar refractivity (Wildman–Crippen MR) is 54.5 cm³/mol. The summed E-state index contributed by atoms with van der Waals surface area (Å²) in [6, 6.07) is 4.78. The minimum absolute atomic E-state index is 0.178. The lowest BCUT2D eigenvalue weighted by atomic mass is 10.3. The molecule has 0 radical (unpaired) electrons. The van der Waals surface area contributed by atoms with Crippen LogP contribution in [0, 0.1) is 5.41 Å². The van der Waals surface area contributed by atoms with Crippen molar-refractivity contribution in [3.05, 3.63) is 23.9 Å². The summed E-state index contributed by atoms with van der Waals surface area (Å²) in [5, 5.41) is 7.16. The Labute approximate surface area is 86.2 Å². The number of halogens is 2. The Hall–Kier alpha value is -1.72. The van der Waals surface area contributed by atoms with Gasteiger partial charge in [0.15, 0.2) is 0 Å². The van der Waals surface area contributed by atoms with Crippen LogP contribution in [0.4, 0.5) is 14.6 Å². The van der Waals surface area contributed by atoms with Crippen LogP contribution in [0.2, 0.25) is 0 Å². The average Bonchev–Trinajstić information content (AvgIpc) is 2.17. The lowest BCUT2D eigenvalue weighted by molar-refractivity contribution is 0.156. The van der Waals surface area contributed by atoms with Crippen molar-refractivity contribution in [1.29, 1.82) is 5.41 Å². The van der Waals surface area contributed by atoms with Gasteiger partial charge in [0.05, 0.1) is 6.54 Å². The zero-order valence-electron chi connectivity index (χ0n) is 8.24. The van der Waals surface area contributed by atoms with E-state index in [1.165, 1.54) is 11.9 Å². The number of nitrogens with one attached hydrogen (secondary N) is 1. The Kier molecular flexibility index (Phi) is 3.54. The van der Waals surface area contributed by atoms with Crippen LogP contribution >= 0.6 is 0 Å². The molecule has 0 aromatic carbocycles. The fourth-order valence-electron chi connectivity index (χ4n) is 1.09. The molecule has 0 saturated heterocycles. The number of nitrogens with two attached hydrogens (primary N) is 1. The van der Waals surface area contributed by atoms with E-state index in [4.69, 9.17) is 11.1 Å². The number of pyridine rings is 1. The van der Waals surface area contributed by atoms with Gasteiger partial charge in [-0.3, -0.25) is 5.41 Å². The van der Waals surface area contributed by atoms with Crippen LogP contribution in [0.25, 0.3) is 0 Å². The number of aromatic nitrogens is 1. The van der Waals surface area contributed by atoms with Crippen molar-refractivity contribution in [2.75, 3.05) is 18.5 Å². The van der Waals surface area contributed by atoms with E-state index in [9.17, 15) is 8.78 Å². The molecule has 0 aliphatic carbocycles. The van der Waals surface area contributed by atoms with Gasteiger partial charge in [0.2, 0.25) is 0 Å². The van der Waals surface area contributed by atoms with Crippen molar-refractivity contribution >= 4 is 11.7 Å². The number of anilines is 1. The van der Waals surface area contributed by atoms with Crippen molar-refractivity contribution in [3.63, 3.8) is 0 Å². The molecule has 0 aliphatic heterocycles. The number of nitrogens with zero attached hydrogens (tertiary/aromatic N) is 2. The quantitative estimate of drug-likeness (QED) is 0.582. The second kappa shape index (κ2) is 4.68. The number of alkyl halides is 2. The number of hydrogen-bond donors (Lipinski definition) is 2. The summed E-state index contributed by atoms with van der Waals surface area (Å²) < 4.78 is 24.2. The molecule has 0 amide bonds. The molecule has 0 saturated carbocycles. The third-order valence-electron chi connectivity index (χ3n) is 1.81. The molecule has 0 aliphatic rings. The predicted octanol–water partition coefficient (Wildman–Crippen LogP) is 1.07. The first-order chi connectivity index (χ1) is 7.00. The molecular formula is C9H12F2N4. The fourth-order valence-corrected chi connectivity index (χ4v) is 1.09. The van der Waals surface area contributed by atoms with E-state index in [0.717, 1.165) is 0 Å². The van der Waals surface area contributed by atoms with Crippen LogP contribution in [-0.4, -0.2) is 30.8 Å². The summed E-state index contributed by atoms with van der Waals surface area (Å²) >= 11 is 0. The second-order valence-electron chi connectivity index (χ2n) is 3.07. The molecule has 15 heavy (non-hydrogen) atoms. The molecule has 1 aromatic heterocycles. The molecule has 1 heterocycles. The Balaban J connectivity index is 2.85. The lowest BCUT2D eigenvalue weighted by Gasteiger charge is -2.17. The monoisotopic (exact) mass is 214 g/mol. The first-order valence-electron chi connectivity index (χ1n) is 4.31. The molecule has 0 fully saturated rings. The number of rotatable bonds is 4. The molecule has 6 heteroatoms. The first kappa shape index (κ1) is 11.4. The molecule has 1 aromatic rings. The molecular weight excluding hydrogens is 202 g/mol. The van der Waals surface area contributed by atoms with E-state index in [1.54, 1.807) is 18.2 Å². The van der Waals surface area contributed by atoms with Crippen molar-refractivity contribution < 1.29 is 8.78 Å². The van der Waals surface area contributed by atoms with Gasteiger partial charge < -0.3 is 10.6 Å². The van der Waals surface area contributed by atoms with E-state index >= 15 is 0 Å². The average molecular weight is 214 g/mol. The van der Waals surface area contributed by atoms with Gasteiger partial charge >= 0.3 is 0 Å². The van der Waals surface area contributed by atoms with Crippen molar-refractivity contribution in [2.24, 2.45) is 5.73 Å². The topological polar surface area (TPSA) is 66.0 Å². The Morgan fingerprint density at radius 3 is 2.80 bits per heavy atom. The van der Waals surface area contributed by atoms with Crippen molar-refractivity contribution in [1.82, 2.24) is 4.98 Å². The molecule has 0 spiro atoms. The Morgan fingerprint density at radius 1 is 1.60 bits per heavy atom. The van der Waals surface area contributed by atoms with Crippen LogP contribution in [0.1, 0.15) is 5.69 Å². The summed E-state index contributed by atoms with van der Waals surface area (Å²) in [4.78, 5) is 5.28. The SMILES string of the molecule is CN(CC(F)F)c1cccc(C(=N)N)n1. The molecule has 0 atom stereocenters. The maximum Gasteiger partial charge on any atom is 0.255 e. The van der Waals surface area contributed by atoms with Crippen LogP contribution in [0.3, 0.4) is 0 Å². The lowest BCUT2D eigenvalue weighted by Crippen LogP contribution is -2.25. The fraction of sp³-hybridized carbons (Fsp3) is 0.333. The van der Waals surface area contributed by atoms with E-state index in [2.05, 4.69) is 4.98 Å². The normalized spacial score (nSPS) is 10.4. The molecule has 0 unspecified atom stereocenters. The van der Waals surface area contributed by atoms with E-state index in [1.807, 2.05) is 0 Å². The highest BCUT2D eigenvalue weighted by atomic mass is 19.3. The van der Waals surface area contributed by atoms with Gasteiger partial charge in [0.25, 0.3) is 6.43 Å². The van der Waals surface area contributed by atoms with Gasteiger partial charge in [-0.25, -0.2) is 13.8 Å². The van der Waals surface area contributed by atoms with Crippen LogP contribution in [0.5, 0.6) is 0 Å². The number of nitrogen functional groups attached to an aromatic ring is 1. The van der Waals surface area contributed by atoms with Crippen LogP contribution in [-0.2, 0) is 0 Å². The van der Waals surface area contributed by atoms with Gasteiger partial charge in [-0.1, -0.05) is 6.07 Å². The first-order valence-corrected chi connectivity index (χ1v) is 4.31. The standard InChI is InChI=1S/C9H12F2N4/c1-15(5-7(10)11)8-4-2-3-6(14-8)9(12)13/h2-4,7H,5H2,1H3,(H3,12,13). The van der Waals surface area contributed by atoms with E-state index in [-0.39, 0.29) is 11.5 Å². The van der Waals surface area contributed by atoms with Gasteiger partial charge in [0, 0.05) is 7.05 Å². The molecule has 82 valence electrons. The third kappa shape index (κ3) is 3.16. The minimum Gasteiger partial charge on any atom is -0.382 e. The van der Waals surface area contributed by atoms with E-state index in [0.29, 0.717) is 5.82 Å². The maximum absolute atomic E-state index is 12.1. The van der Waals surface area contributed by atoms with Crippen molar-refractivity contribution in [2.45, 2.75) is 6.43 Å². The maximum atomic E-state index is 12.1. The highest BCUT2D eigenvalue weighted by Gasteiger charge is 2.10. The summed E-state index contributed by atoms with van der Waals surface area (Å²) in [6.07, 6.45) is -2.42. The second-order valence-corrected chi connectivity index (χ2v) is 3.07. The zero-order chi connectivity index (χ0) is 11.4. The van der Waals surface area contributed by atoms with Gasteiger partial charge in [-0.05, 0) is 12.1 Å². The highest BCUT2D eigenvalue weighted by molar-refractivity contribution is 5.93. The molecule has 3 N–H and O–H groups in total. The minimum atomic E-state index is -2.42. The van der Waals surface area contributed by atoms with Gasteiger partial charge in [-0.15, -0.1) is 0 Å². The smallest absolute Gasteiger partial charge is 0.255 e. The van der Waals surface area contributed by atoms with Crippen LogP contribution in [0.15, 0.2) is 18.2 Å². The molecule has 1 rings (SSSR count). The largest absolute Gasteiger partial charge is 0.382 e. The van der Waals surface area contributed by atoms with E-state index < -0.39 is 13.0 Å². The van der Waals surface area contributed by atoms with Crippen LogP contribution < -0.4 is 10.6 Å². The Morgan fingerprint density at radius 2 is 2.27 bits per heavy atom. The van der Waals surface area contributed by atoms with Crippen molar-refractivity contribution in [3.8, 4) is 0 Å². The summed E-state index contributed by atoms with van der Waals surface area (Å²) in [5.41, 5.74) is 5.52. The number of hydrogen-bond acceptors (Lipinski definition) is 3. The molecule has 0 bridgehead atoms. The number of amidine groups is 1. The van der Waals surface area contributed by atoms with Gasteiger partial charge in [-0.2, -0.15) is 0 Å². The summed E-state index contributed by atoms with van der Waals surface area (Å²) in [6.45, 7) is -0.394. The van der Waals surface area contributed by atoms with Gasteiger partial charge in [0.1, 0.15) is 17.3 Å². The summed E-state index contributed by atoms with van der Waals surface area (Å²) in [5.74, 6) is 0.199.